The first-order valence-corrected chi connectivity index (χ1v) is 7.67. The van der Waals surface area contributed by atoms with Gasteiger partial charge in [-0.25, -0.2) is 0 Å². The molecule has 0 aromatic heterocycles. The Balaban J connectivity index is 2.15. The quantitative estimate of drug-likeness (QED) is 0.842. The molecule has 0 aliphatic heterocycles. The Morgan fingerprint density at radius 1 is 1.00 bits per heavy atom. The van der Waals surface area contributed by atoms with Crippen LogP contribution in [0, 0.1) is 0 Å². The number of benzene rings is 2. The summed E-state index contributed by atoms with van der Waals surface area (Å²) in [5, 5.41) is 10.6. The molecule has 0 aliphatic carbocycles. The van der Waals surface area contributed by atoms with Crippen molar-refractivity contribution in [1.82, 2.24) is 0 Å². The number of rotatable bonds is 5. The van der Waals surface area contributed by atoms with E-state index in [-0.39, 0.29) is 12.1 Å². The molecule has 2 aromatic rings. The van der Waals surface area contributed by atoms with Crippen LogP contribution < -0.4 is 4.90 Å². The lowest BCUT2D eigenvalue weighted by Crippen LogP contribution is -2.21. The van der Waals surface area contributed by atoms with E-state index in [9.17, 15) is 5.11 Å². The minimum atomic E-state index is -0.377. The van der Waals surface area contributed by atoms with Crippen molar-refractivity contribution in [3.63, 3.8) is 0 Å². The summed E-state index contributed by atoms with van der Waals surface area (Å²) in [6.07, 6.45) is 0.356. The fourth-order valence-electron chi connectivity index (χ4n) is 2.36. The van der Waals surface area contributed by atoms with E-state index < -0.39 is 0 Å². The van der Waals surface area contributed by atoms with E-state index in [0.717, 1.165) is 22.7 Å². The molecule has 3 heteroatoms. The molecule has 0 spiro atoms. The van der Waals surface area contributed by atoms with Gasteiger partial charge in [0.2, 0.25) is 0 Å². The molecular formula is C18H22ClNO. The van der Waals surface area contributed by atoms with E-state index in [2.05, 4.69) is 43.1 Å². The van der Waals surface area contributed by atoms with Gasteiger partial charge in [0.05, 0.1) is 12.1 Å². The molecule has 0 heterocycles. The molecule has 112 valence electrons. The van der Waals surface area contributed by atoms with E-state index >= 15 is 0 Å². The SMILES string of the molecule is CC[C@@H](O)c1ccc(N(C)C(C)c2ccc(Cl)cc2)cc1. The standard InChI is InChI=1S/C18H22ClNO/c1-4-18(21)15-7-11-17(12-8-15)20(3)13(2)14-5-9-16(19)10-6-14/h5-13,18,21H,4H2,1-3H3/t13?,18-/m1/s1. The third-order valence-electron chi connectivity index (χ3n) is 4.01. The van der Waals surface area contributed by atoms with Gasteiger partial charge in [-0.05, 0) is 48.7 Å². The average Bonchev–Trinajstić information content (AvgIpc) is 2.53. The van der Waals surface area contributed by atoms with Crippen LogP contribution in [0.2, 0.25) is 5.02 Å². The zero-order chi connectivity index (χ0) is 15.4. The number of anilines is 1. The average molecular weight is 304 g/mol. The Bertz CT molecular complexity index is 565. The van der Waals surface area contributed by atoms with Gasteiger partial charge in [-0.3, -0.25) is 0 Å². The lowest BCUT2D eigenvalue weighted by atomic mass is 10.0. The number of nitrogens with zero attached hydrogens (tertiary/aromatic N) is 1. The highest BCUT2D eigenvalue weighted by Crippen LogP contribution is 2.27. The van der Waals surface area contributed by atoms with Crippen molar-refractivity contribution in [2.75, 3.05) is 11.9 Å². The number of halogens is 1. The zero-order valence-corrected chi connectivity index (χ0v) is 13.5. The minimum Gasteiger partial charge on any atom is -0.388 e. The number of aliphatic hydroxyl groups excluding tert-OH is 1. The minimum absolute atomic E-state index is 0.254. The molecule has 0 radical (unpaired) electrons. The third-order valence-corrected chi connectivity index (χ3v) is 4.26. The summed E-state index contributed by atoms with van der Waals surface area (Å²) in [5.41, 5.74) is 3.32. The topological polar surface area (TPSA) is 23.5 Å². The lowest BCUT2D eigenvalue weighted by molar-refractivity contribution is 0.173. The molecule has 21 heavy (non-hydrogen) atoms. The van der Waals surface area contributed by atoms with Crippen molar-refractivity contribution < 1.29 is 5.11 Å². The van der Waals surface area contributed by atoms with Gasteiger partial charge in [0.1, 0.15) is 0 Å². The van der Waals surface area contributed by atoms with Gasteiger partial charge in [-0.2, -0.15) is 0 Å². The Kier molecular flexibility index (Phi) is 5.27. The molecule has 1 N–H and O–H groups in total. The first-order chi connectivity index (χ1) is 10.0. The van der Waals surface area contributed by atoms with E-state index in [1.165, 1.54) is 5.56 Å². The highest BCUT2D eigenvalue weighted by Gasteiger charge is 2.13. The molecule has 2 nitrogen and oxygen atoms in total. The van der Waals surface area contributed by atoms with Crippen LogP contribution in [0.1, 0.15) is 43.5 Å². The molecule has 0 amide bonds. The Morgan fingerprint density at radius 3 is 2.05 bits per heavy atom. The van der Waals surface area contributed by atoms with E-state index in [1.807, 2.05) is 31.2 Å². The van der Waals surface area contributed by atoms with Crippen molar-refractivity contribution in [3.8, 4) is 0 Å². The summed E-state index contributed by atoms with van der Waals surface area (Å²) < 4.78 is 0. The van der Waals surface area contributed by atoms with E-state index in [4.69, 9.17) is 11.6 Å². The molecule has 2 aromatic carbocycles. The molecule has 2 rings (SSSR count). The van der Waals surface area contributed by atoms with Crippen LogP contribution >= 0.6 is 11.6 Å². The second-order valence-electron chi connectivity index (χ2n) is 5.35. The van der Waals surface area contributed by atoms with Gasteiger partial charge in [0, 0.05) is 17.8 Å². The predicted molar refractivity (Wildman–Crippen MR) is 90.0 cm³/mol. The maximum atomic E-state index is 9.85. The van der Waals surface area contributed by atoms with E-state index in [0.29, 0.717) is 0 Å². The van der Waals surface area contributed by atoms with Crippen LogP contribution in [0.4, 0.5) is 5.69 Å². The third kappa shape index (κ3) is 3.78. The van der Waals surface area contributed by atoms with Crippen molar-refractivity contribution >= 4 is 17.3 Å². The first-order valence-electron chi connectivity index (χ1n) is 7.29. The van der Waals surface area contributed by atoms with Crippen molar-refractivity contribution in [2.24, 2.45) is 0 Å². The second-order valence-corrected chi connectivity index (χ2v) is 5.79. The molecule has 1 unspecified atom stereocenters. The van der Waals surface area contributed by atoms with Crippen molar-refractivity contribution in [1.29, 1.82) is 0 Å². The maximum absolute atomic E-state index is 9.85. The Morgan fingerprint density at radius 2 is 1.52 bits per heavy atom. The first kappa shape index (κ1) is 15.9. The highest BCUT2D eigenvalue weighted by molar-refractivity contribution is 6.30. The largest absolute Gasteiger partial charge is 0.388 e. The Labute approximate surface area is 132 Å². The highest BCUT2D eigenvalue weighted by atomic mass is 35.5. The smallest absolute Gasteiger partial charge is 0.0787 e. The van der Waals surface area contributed by atoms with Crippen LogP contribution in [-0.2, 0) is 0 Å². The van der Waals surface area contributed by atoms with Crippen molar-refractivity contribution in [2.45, 2.75) is 32.4 Å². The van der Waals surface area contributed by atoms with Gasteiger partial charge < -0.3 is 10.0 Å². The molecule has 0 aliphatic rings. The van der Waals surface area contributed by atoms with Gasteiger partial charge in [0.25, 0.3) is 0 Å². The fraction of sp³-hybridized carbons (Fsp3) is 0.333. The second kappa shape index (κ2) is 6.97. The summed E-state index contributed by atoms with van der Waals surface area (Å²) in [5.74, 6) is 0. The monoisotopic (exact) mass is 303 g/mol. The summed E-state index contributed by atoms with van der Waals surface area (Å²) in [6, 6.07) is 16.3. The molecule has 0 saturated heterocycles. The molecule has 0 bridgehead atoms. The predicted octanol–water partition coefficient (Wildman–Crippen LogP) is 4.98. The van der Waals surface area contributed by atoms with Crippen molar-refractivity contribution in [3.05, 3.63) is 64.7 Å². The fourth-order valence-corrected chi connectivity index (χ4v) is 2.48. The van der Waals surface area contributed by atoms with Gasteiger partial charge >= 0.3 is 0 Å². The number of hydrogen-bond acceptors (Lipinski definition) is 2. The van der Waals surface area contributed by atoms with Crippen LogP contribution in [0.25, 0.3) is 0 Å². The number of aliphatic hydroxyl groups is 1. The van der Waals surface area contributed by atoms with Crippen LogP contribution in [0.15, 0.2) is 48.5 Å². The summed E-state index contributed by atoms with van der Waals surface area (Å²) in [4.78, 5) is 2.21. The maximum Gasteiger partial charge on any atom is 0.0787 e. The van der Waals surface area contributed by atoms with Crippen LogP contribution in [0.3, 0.4) is 0 Å². The summed E-state index contributed by atoms with van der Waals surface area (Å²) in [6.45, 7) is 4.14. The van der Waals surface area contributed by atoms with Gasteiger partial charge in [-0.15, -0.1) is 0 Å². The van der Waals surface area contributed by atoms with Crippen LogP contribution in [0.5, 0.6) is 0 Å². The lowest BCUT2D eigenvalue weighted by Gasteiger charge is -2.28. The molecule has 2 atom stereocenters. The Hall–Kier alpha value is -1.51. The zero-order valence-electron chi connectivity index (χ0n) is 12.8. The summed E-state index contributed by atoms with van der Waals surface area (Å²) >= 11 is 5.94. The van der Waals surface area contributed by atoms with E-state index in [1.54, 1.807) is 0 Å². The number of hydrogen-bond donors (Lipinski definition) is 1. The summed E-state index contributed by atoms with van der Waals surface area (Å²) in [7, 11) is 2.07. The normalized spacial score (nSPS) is 13.8. The van der Waals surface area contributed by atoms with Gasteiger partial charge in [0.15, 0.2) is 0 Å². The molecular weight excluding hydrogens is 282 g/mol. The molecule has 0 fully saturated rings. The molecule has 0 saturated carbocycles. The van der Waals surface area contributed by atoms with Crippen LogP contribution in [-0.4, -0.2) is 12.2 Å². The van der Waals surface area contributed by atoms with Gasteiger partial charge in [-0.1, -0.05) is 42.8 Å².